The number of rotatable bonds is 3. The van der Waals surface area contributed by atoms with Gasteiger partial charge in [0.2, 0.25) is 6.41 Å². The van der Waals surface area contributed by atoms with Crippen LogP contribution in [0.1, 0.15) is 18.8 Å². The molecule has 1 aliphatic rings. The minimum absolute atomic E-state index is 0.104. The van der Waals surface area contributed by atoms with E-state index in [2.05, 4.69) is 15.2 Å². The molecule has 3 aromatic rings. The summed E-state index contributed by atoms with van der Waals surface area (Å²) >= 11 is 1.48. The zero-order valence-corrected chi connectivity index (χ0v) is 13.7. The van der Waals surface area contributed by atoms with Crippen molar-refractivity contribution in [1.29, 1.82) is 0 Å². The van der Waals surface area contributed by atoms with Crippen LogP contribution in [0.3, 0.4) is 0 Å². The van der Waals surface area contributed by atoms with Crippen LogP contribution in [0.15, 0.2) is 29.6 Å². The maximum atomic E-state index is 13.0. The summed E-state index contributed by atoms with van der Waals surface area (Å²) in [7, 11) is 0. The van der Waals surface area contributed by atoms with Crippen LogP contribution in [-0.4, -0.2) is 37.6 Å². The Kier molecular flexibility index (Phi) is 3.61. The molecule has 2 aromatic heterocycles. The number of carbonyl (C=O) groups excluding carboxylic acids is 1. The van der Waals surface area contributed by atoms with Gasteiger partial charge in [0.25, 0.3) is 0 Å². The number of amides is 1. The van der Waals surface area contributed by atoms with Crippen LogP contribution in [0.25, 0.3) is 22.1 Å². The molecule has 1 amide bonds. The number of benzene rings is 1. The van der Waals surface area contributed by atoms with E-state index in [0.717, 1.165) is 28.5 Å². The van der Waals surface area contributed by atoms with E-state index in [1.54, 1.807) is 17.0 Å². The van der Waals surface area contributed by atoms with Gasteiger partial charge in [-0.25, -0.2) is 9.37 Å². The fourth-order valence-electron chi connectivity index (χ4n) is 2.84. The van der Waals surface area contributed by atoms with E-state index in [1.807, 2.05) is 16.9 Å². The van der Waals surface area contributed by atoms with E-state index in [1.165, 1.54) is 23.5 Å². The summed E-state index contributed by atoms with van der Waals surface area (Å²) in [6.45, 7) is 3.20. The van der Waals surface area contributed by atoms with Gasteiger partial charge >= 0.3 is 0 Å². The summed E-state index contributed by atoms with van der Waals surface area (Å²) in [5.74, 6) is 1.20. The number of nitrogens with zero attached hydrogens (tertiary/aromatic N) is 5. The fourth-order valence-corrected chi connectivity index (χ4v) is 3.64. The Morgan fingerprint density at radius 2 is 2.04 bits per heavy atom. The molecule has 6 nitrogen and oxygen atoms in total. The van der Waals surface area contributed by atoms with E-state index < -0.39 is 0 Å². The molecule has 0 bridgehead atoms. The highest BCUT2D eigenvalue weighted by molar-refractivity contribution is 7.13. The Hall–Kier alpha value is -2.61. The molecule has 0 radical (unpaired) electrons. The van der Waals surface area contributed by atoms with E-state index in [0.29, 0.717) is 18.9 Å². The molecule has 1 atom stereocenters. The first-order chi connectivity index (χ1) is 11.7. The van der Waals surface area contributed by atoms with Crippen LogP contribution in [-0.2, 0) is 11.3 Å². The molecule has 122 valence electrons. The zero-order chi connectivity index (χ0) is 16.7. The Balaban J connectivity index is 1.69. The number of halogens is 1. The van der Waals surface area contributed by atoms with Crippen LogP contribution in [0.4, 0.5) is 4.39 Å². The Morgan fingerprint density at radius 1 is 1.25 bits per heavy atom. The summed E-state index contributed by atoms with van der Waals surface area (Å²) in [6, 6.07) is 6.16. The van der Waals surface area contributed by atoms with Crippen molar-refractivity contribution in [2.45, 2.75) is 19.5 Å². The van der Waals surface area contributed by atoms with Crippen LogP contribution in [0.2, 0.25) is 0 Å². The molecule has 0 saturated heterocycles. The van der Waals surface area contributed by atoms with Crippen LogP contribution >= 0.6 is 11.3 Å². The van der Waals surface area contributed by atoms with Gasteiger partial charge in [0.1, 0.15) is 16.5 Å². The van der Waals surface area contributed by atoms with Gasteiger partial charge < -0.3 is 9.47 Å². The molecule has 0 fully saturated rings. The summed E-state index contributed by atoms with van der Waals surface area (Å²) in [4.78, 5) is 17.4. The van der Waals surface area contributed by atoms with Crippen molar-refractivity contribution < 1.29 is 9.18 Å². The monoisotopic (exact) mass is 343 g/mol. The minimum atomic E-state index is -0.268. The second-order valence-electron chi connectivity index (χ2n) is 5.60. The zero-order valence-electron chi connectivity index (χ0n) is 12.9. The van der Waals surface area contributed by atoms with Gasteiger partial charge in [-0.05, 0) is 31.2 Å². The third kappa shape index (κ3) is 2.39. The number of carbonyl (C=O) groups is 1. The van der Waals surface area contributed by atoms with Crippen molar-refractivity contribution >= 4 is 17.7 Å². The summed E-state index contributed by atoms with van der Waals surface area (Å²) < 4.78 is 15.1. The molecular weight excluding hydrogens is 329 g/mol. The first kappa shape index (κ1) is 14.9. The third-order valence-corrected chi connectivity index (χ3v) is 5.08. The van der Waals surface area contributed by atoms with Gasteiger partial charge in [0, 0.05) is 24.0 Å². The molecule has 1 unspecified atom stereocenters. The van der Waals surface area contributed by atoms with Gasteiger partial charge in [-0.1, -0.05) is 0 Å². The number of thiazole rings is 1. The lowest BCUT2D eigenvalue weighted by Gasteiger charge is -2.30. The molecule has 4 rings (SSSR count). The number of aromatic nitrogens is 4. The lowest BCUT2D eigenvalue weighted by molar-refractivity contribution is -0.121. The third-order valence-electron chi connectivity index (χ3n) is 4.19. The smallest absolute Gasteiger partial charge is 0.210 e. The molecular formula is C16H14FN5OS. The maximum Gasteiger partial charge on any atom is 0.210 e. The second kappa shape index (κ2) is 5.79. The van der Waals surface area contributed by atoms with E-state index in [9.17, 15) is 9.18 Å². The summed E-state index contributed by atoms with van der Waals surface area (Å²) in [5.41, 5.74) is 1.61. The first-order valence-corrected chi connectivity index (χ1v) is 8.41. The van der Waals surface area contributed by atoms with Crippen molar-refractivity contribution in [3.8, 4) is 22.1 Å². The number of hydrogen-bond donors (Lipinski definition) is 0. The molecule has 0 spiro atoms. The predicted octanol–water partition coefficient (Wildman–Crippen LogP) is 2.74. The standard InChI is InChI=1S/C16H14FN5OS/c1-10-14-19-20-15(22(14)7-6-21(10)9-23)13-8-24-16(18-13)11-2-4-12(17)5-3-11/h2-5,8-10H,6-7H2,1H3. The van der Waals surface area contributed by atoms with Gasteiger partial charge in [0.05, 0.1) is 6.04 Å². The van der Waals surface area contributed by atoms with E-state index >= 15 is 0 Å². The molecule has 0 aliphatic carbocycles. The fraction of sp³-hybridized carbons (Fsp3) is 0.250. The Morgan fingerprint density at radius 3 is 2.79 bits per heavy atom. The van der Waals surface area contributed by atoms with Crippen molar-refractivity contribution in [3.05, 3.63) is 41.3 Å². The first-order valence-electron chi connectivity index (χ1n) is 7.53. The van der Waals surface area contributed by atoms with Crippen molar-refractivity contribution in [2.24, 2.45) is 0 Å². The average molecular weight is 343 g/mol. The number of fused-ring (bicyclic) bond motifs is 1. The van der Waals surface area contributed by atoms with Crippen LogP contribution in [0, 0.1) is 5.82 Å². The van der Waals surface area contributed by atoms with Gasteiger partial charge in [0.15, 0.2) is 11.6 Å². The van der Waals surface area contributed by atoms with E-state index in [-0.39, 0.29) is 11.9 Å². The molecule has 0 N–H and O–H groups in total. The molecule has 24 heavy (non-hydrogen) atoms. The van der Waals surface area contributed by atoms with Crippen LogP contribution < -0.4 is 0 Å². The quantitative estimate of drug-likeness (QED) is 0.686. The molecule has 0 saturated carbocycles. The summed E-state index contributed by atoms with van der Waals surface area (Å²) in [6.07, 6.45) is 0.845. The highest BCUT2D eigenvalue weighted by Crippen LogP contribution is 2.31. The predicted molar refractivity (Wildman–Crippen MR) is 87.7 cm³/mol. The van der Waals surface area contributed by atoms with Crippen molar-refractivity contribution in [3.63, 3.8) is 0 Å². The highest BCUT2D eigenvalue weighted by atomic mass is 32.1. The highest BCUT2D eigenvalue weighted by Gasteiger charge is 2.28. The van der Waals surface area contributed by atoms with Gasteiger partial charge in [-0.3, -0.25) is 4.79 Å². The molecule has 3 heterocycles. The normalized spacial score (nSPS) is 16.9. The maximum absolute atomic E-state index is 13.0. The Bertz CT molecular complexity index is 888. The molecule has 1 aromatic carbocycles. The molecule has 1 aliphatic heterocycles. The molecule has 8 heteroatoms. The topological polar surface area (TPSA) is 63.9 Å². The summed E-state index contributed by atoms with van der Waals surface area (Å²) in [5, 5.41) is 11.2. The lowest BCUT2D eigenvalue weighted by atomic mass is 10.2. The Labute approximate surface area is 141 Å². The van der Waals surface area contributed by atoms with Gasteiger partial charge in [-0.15, -0.1) is 21.5 Å². The number of hydrogen-bond acceptors (Lipinski definition) is 5. The average Bonchev–Trinajstić information content (AvgIpc) is 3.22. The van der Waals surface area contributed by atoms with Crippen LogP contribution in [0.5, 0.6) is 0 Å². The largest absolute Gasteiger partial charge is 0.333 e. The van der Waals surface area contributed by atoms with Gasteiger partial charge in [-0.2, -0.15) is 0 Å². The minimum Gasteiger partial charge on any atom is -0.333 e. The second-order valence-corrected chi connectivity index (χ2v) is 6.46. The lowest BCUT2D eigenvalue weighted by Crippen LogP contribution is -2.36. The van der Waals surface area contributed by atoms with Crippen molar-refractivity contribution in [2.75, 3.05) is 6.54 Å². The van der Waals surface area contributed by atoms with E-state index in [4.69, 9.17) is 0 Å². The SMILES string of the molecule is CC1c2nnc(-c3csc(-c4ccc(F)cc4)n3)n2CCN1C=O. The van der Waals surface area contributed by atoms with Crippen molar-refractivity contribution in [1.82, 2.24) is 24.6 Å².